The van der Waals surface area contributed by atoms with Crippen LogP contribution < -0.4 is 10.3 Å². The van der Waals surface area contributed by atoms with Gasteiger partial charge in [-0.3, -0.25) is 4.98 Å². The Morgan fingerprint density at radius 3 is 2.82 bits per heavy atom. The van der Waals surface area contributed by atoms with Crippen molar-refractivity contribution in [1.29, 1.82) is 0 Å². The van der Waals surface area contributed by atoms with E-state index in [0.29, 0.717) is 5.69 Å². The molecular formula is C16H13N5O. The molecule has 2 aliphatic heterocycles. The quantitative estimate of drug-likeness (QED) is 0.878. The highest BCUT2D eigenvalue weighted by Gasteiger charge is 2.38. The van der Waals surface area contributed by atoms with Crippen molar-refractivity contribution in [3.63, 3.8) is 0 Å². The fraction of sp³-hybridized carbons (Fsp3) is 0.0625. The van der Waals surface area contributed by atoms with Gasteiger partial charge in [0.05, 0.1) is 5.69 Å². The Labute approximate surface area is 127 Å². The molecule has 0 saturated heterocycles. The Morgan fingerprint density at radius 2 is 1.95 bits per heavy atom. The zero-order valence-electron chi connectivity index (χ0n) is 11.6. The number of carbonyl (C=O) groups is 1. The number of hydrogen-bond donors (Lipinski definition) is 1. The number of para-hydroxylation sites is 1. The van der Waals surface area contributed by atoms with Gasteiger partial charge >= 0.3 is 6.03 Å². The highest BCUT2D eigenvalue weighted by Crippen LogP contribution is 2.41. The molecule has 2 amide bonds. The summed E-state index contributed by atoms with van der Waals surface area (Å²) in [6.07, 6.45) is 8.86. The van der Waals surface area contributed by atoms with Gasteiger partial charge < -0.3 is 5.32 Å². The first-order valence-corrected chi connectivity index (χ1v) is 6.94. The third-order valence-electron chi connectivity index (χ3n) is 3.63. The maximum atomic E-state index is 12.7. The lowest BCUT2D eigenvalue weighted by atomic mass is 10.1. The van der Waals surface area contributed by atoms with Crippen LogP contribution in [-0.2, 0) is 0 Å². The van der Waals surface area contributed by atoms with Gasteiger partial charge in [0.1, 0.15) is 6.04 Å². The van der Waals surface area contributed by atoms with Gasteiger partial charge in [0, 0.05) is 29.9 Å². The average Bonchev–Trinajstić information content (AvgIpc) is 2.90. The van der Waals surface area contributed by atoms with E-state index in [2.05, 4.69) is 15.4 Å². The lowest BCUT2D eigenvalue weighted by molar-refractivity contribution is 0.216. The van der Waals surface area contributed by atoms with Crippen LogP contribution in [0.2, 0.25) is 0 Å². The zero-order chi connectivity index (χ0) is 14.9. The fourth-order valence-electron chi connectivity index (χ4n) is 2.67. The summed E-state index contributed by atoms with van der Waals surface area (Å²) in [5, 5.41) is 10.4. The molecule has 0 saturated carbocycles. The number of anilines is 2. The number of fused-ring (bicyclic) bond motifs is 3. The summed E-state index contributed by atoms with van der Waals surface area (Å²) in [7, 11) is 0. The fourth-order valence-corrected chi connectivity index (χ4v) is 2.67. The van der Waals surface area contributed by atoms with Gasteiger partial charge in [-0.1, -0.05) is 24.3 Å². The van der Waals surface area contributed by atoms with E-state index in [4.69, 9.17) is 0 Å². The molecule has 0 radical (unpaired) electrons. The lowest BCUT2D eigenvalue weighted by Crippen LogP contribution is -2.43. The molecule has 2 aromatic rings. The van der Waals surface area contributed by atoms with E-state index in [1.807, 2.05) is 36.4 Å². The Kier molecular flexibility index (Phi) is 2.86. The highest BCUT2D eigenvalue weighted by atomic mass is 16.2. The largest absolute Gasteiger partial charge is 0.346 e. The van der Waals surface area contributed by atoms with E-state index in [1.165, 1.54) is 0 Å². The average molecular weight is 291 g/mol. The number of aromatic nitrogens is 1. The second-order valence-corrected chi connectivity index (χ2v) is 4.95. The predicted molar refractivity (Wildman–Crippen MR) is 84.4 cm³/mol. The third-order valence-corrected chi connectivity index (χ3v) is 3.63. The molecule has 6 nitrogen and oxygen atoms in total. The maximum absolute atomic E-state index is 12.7. The highest BCUT2D eigenvalue weighted by molar-refractivity contribution is 6.02. The summed E-state index contributed by atoms with van der Waals surface area (Å²) in [6.45, 7) is 0. The molecule has 6 heteroatoms. The van der Waals surface area contributed by atoms with Crippen LogP contribution in [0.3, 0.4) is 0 Å². The molecule has 0 fully saturated rings. The van der Waals surface area contributed by atoms with Gasteiger partial charge in [0.25, 0.3) is 0 Å². The maximum Gasteiger partial charge on any atom is 0.346 e. The number of rotatable bonds is 1. The third kappa shape index (κ3) is 1.93. The smallest absolute Gasteiger partial charge is 0.306 e. The van der Waals surface area contributed by atoms with Crippen molar-refractivity contribution < 1.29 is 4.79 Å². The van der Waals surface area contributed by atoms with Crippen LogP contribution in [0, 0.1) is 0 Å². The van der Waals surface area contributed by atoms with Crippen molar-refractivity contribution in [2.45, 2.75) is 6.04 Å². The summed E-state index contributed by atoms with van der Waals surface area (Å²) in [5.41, 5.74) is 2.58. The number of urea groups is 1. The number of hydrogen-bond acceptors (Lipinski definition) is 4. The number of benzene rings is 1. The second kappa shape index (κ2) is 5.00. The van der Waals surface area contributed by atoms with Crippen molar-refractivity contribution in [2.75, 3.05) is 10.3 Å². The molecule has 1 atom stereocenters. The summed E-state index contributed by atoms with van der Waals surface area (Å²) in [5.74, 6) is 0. The van der Waals surface area contributed by atoms with Gasteiger partial charge in [-0.25, -0.2) is 4.79 Å². The van der Waals surface area contributed by atoms with Crippen LogP contribution in [0.1, 0.15) is 11.6 Å². The van der Waals surface area contributed by atoms with Crippen LogP contribution in [0.4, 0.5) is 16.2 Å². The van der Waals surface area contributed by atoms with Gasteiger partial charge in [0.2, 0.25) is 0 Å². The standard InChI is InChI=1S/C16H13N5O/c22-16(19-12-7-10-17-11-8-12)20-14-5-2-1-4-13(14)15-6-3-9-18-21(15)20/h1-11,15H,(H,17,19,22). The monoisotopic (exact) mass is 291 g/mol. The van der Waals surface area contributed by atoms with Crippen molar-refractivity contribution >= 4 is 23.6 Å². The van der Waals surface area contributed by atoms with Crippen LogP contribution >= 0.6 is 0 Å². The predicted octanol–water partition coefficient (Wildman–Crippen LogP) is 2.95. The van der Waals surface area contributed by atoms with Crippen LogP contribution in [0.15, 0.2) is 66.0 Å². The summed E-state index contributed by atoms with van der Waals surface area (Å²) < 4.78 is 0. The van der Waals surface area contributed by atoms with Crippen molar-refractivity contribution in [1.82, 2.24) is 10.1 Å². The number of amides is 2. The molecule has 2 aliphatic rings. The molecule has 3 heterocycles. The number of hydrazone groups is 1. The Balaban J connectivity index is 1.70. The second-order valence-electron chi connectivity index (χ2n) is 4.95. The zero-order valence-corrected chi connectivity index (χ0v) is 11.6. The summed E-state index contributed by atoms with van der Waals surface area (Å²) in [4.78, 5) is 16.6. The van der Waals surface area contributed by atoms with E-state index in [0.717, 1.165) is 11.3 Å². The molecule has 22 heavy (non-hydrogen) atoms. The first kappa shape index (κ1) is 12.6. The van der Waals surface area contributed by atoms with Crippen LogP contribution in [0.5, 0.6) is 0 Å². The van der Waals surface area contributed by atoms with E-state index in [9.17, 15) is 4.79 Å². The van der Waals surface area contributed by atoms with Gasteiger partial charge in [-0.2, -0.15) is 15.2 Å². The SMILES string of the molecule is O=C(Nc1ccncc1)N1c2ccccc2C2C=CC=NN21. The molecule has 0 aliphatic carbocycles. The van der Waals surface area contributed by atoms with Gasteiger partial charge in [-0.05, 0) is 24.3 Å². The lowest BCUT2D eigenvalue weighted by Gasteiger charge is -2.29. The molecule has 1 N–H and O–H groups in total. The molecule has 108 valence electrons. The number of allylic oxidation sites excluding steroid dienone is 1. The topological polar surface area (TPSA) is 60.8 Å². The minimum atomic E-state index is -0.256. The van der Waals surface area contributed by atoms with Crippen molar-refractivity contribution in [2.24, 2.45) is 5.10 Å². The Morgan fingerprint density at radius 1 is 1.14 bits per heavy atom. The molecule has 1 aromatic carbocycles. The summed E-state index contributed by atoms with van der Waals surface area (Å²) >= 11 is 0. The van der Waals surface area contributed by atoms with E-state index in [1.54, 1.807) is 40.9 Å². The molecule has 0 bridgehead atoms. The number of nitrogens with zero attached hydrogens (tertiary/aromatic N) is 4. The molecular weight excluding hydrogens is 278 g/mol. The summed E-state index contributed by atoms with van der Waals surface area (Å²) in [6, 6.07) is 11.0. The van der Waals surface area contributed by atoms with Crippen molar-refractivity contribution in [3.8, 4) is 0 Å². The van der Waals surface area contributed by atoms with Crippen LogP contribution in [-0.4, -0.2) is 22.3 Å². The number of nitrogens with one attached hydrogen (secondary N) is 1. The van der Waals surface area contributed by atoms with Gasteiger partial charge in [0.15, 0.2) is 0 Å². The molecule has 4 rings (SSSR count). The van der Waals surface area contributed by atoms with E-state index in [-0.39, 0.29) is 12.1 Å². The van der Waals surface area contributed by atoms with Crippen LogP contribution in [0.25, 0.3) is 0 Å². The number of carbonyl (C=O) groups excluding carboxylic acids is 1. The molecule has 0 spiro atoms. The number of hydrazine groups is 1. The Bertz CT molecular complexity index is 771. The van der Waals surface area contributed by atoms with Gasteiger partial charge in [-0.15, -0.1) is 0 Å². The first-order chi connectivity index (χ1) is 10.8. The molecule has 1 unspecified atom stereocenters. The minimum absolute atomic E-state index is 0.0515. The van der Waals surface area contributed by atoms with Crippen molar-refractivity contribution in [3.05, 3.63) is 66.5 Å². The van der Waals surface area contributed by atoms with E-state index < -0.39 is 0 Å². The number of pyridine rings is 1. The normalized spacial score (nSPS) is 18.1. The van der Waals surface area contributed by atoms with E-state index >= 15 is 0 Å². The minimum Gasteiger partial charge on any atom is -0.306 e. The Hall–Kier alpha value is -3.15. The first-order valence-electron chi connectivity index (χ1n) is 6.94. The molecule has 1 aromatic heterocycles.